The Morgan fingerprint density at radius 2 is 2.05 bits per heavy atom. The highest BCUT2D eigenvalue weighted by molar-refractivity contribution is 6.29. The van der Waals surface area contributed by atoms with Crippen LogP contribution in [0.1, 0.15) is 11.3 Å². The van der Waals surface area contributed by atoms with E-state index in [4.69, 9.17) is 11.6 Å². The van der Waals surface area contributed by atoms with E-state index < -0.39 is 0 Å². The van der Waals surface area contributed by atoms with E-state index in [0.717, 1.165) is 28.7 Å². The standard InChI is InChI=1S/C15H12ClN5/c1-20-13-3-2-10(6-11(13)8-18-20)7-12-9-17-15-5-4-14(16)19-21(12)15/h2-6,8-9H,7H2,1H3. The van der Waals surface area contributed by atoms with E-state index in [0.29, 0.717) is 5.15 Å². The van der Waals surface area contributed by atoms with E-state index in [1.165, 1.54) is 5.56 Å². The second-order valence-corrected chi connectivity index (χ2v) is 5.40. The molecule has 3 aromatic heterocycles. The van der Waals surface area contributed by atoms with Crippen molar-refractivity contribution in [1.29, 1.82) is 0 Å². The first-order valence-corrected chi connectivity index (χ1v) is 6.98. The van der Waals surface area contributed by atoms with Crippen LogP contribution in [-0.2, 0) is 13.5 Å². The number of aromatic nitrogens is 5. The summed E-state index contributed by atoms with van der Waals surface area (Å²) in [5, 5.41) is 10.2. The van der Waals surface area contributed by atoms with Gasteiger partial charge in [0, 0.05) is 18.9 Å². The molecule has 0 saturated carbocycles. The first-order chi connectivity index (χ1) is 10.2. The average Bonchev–Trinajstić information content (AvgIpc) is 3.04. The number of nitrogens with zero attached hydrogens (tertiary/aromatic N) is 5. The zero-order chi connectivity index (χ0) is 14.4. The fourth-order valence-electron chi connectivity index (χ4n) is 2.55. The highest BCUT2D eigenvalue weighted by Gasteiger charge is 2.07. The van der Waals surface area contributed by atoms with Gasteiger partial charge in [0.15, 0.2) is 5.65 Å². The Labute approximate surface area is 125 Å². The quantitative estimate of drug-likeness (QED) is 0.571. The second kappa shape index (κ2) is 4.56. The summed E-state index contributed by atoms with van der Waals surface area (Å²) < 4.78 is 3.66. The second-order valence-electron chi connectivity index (χ2n) is 5.01. The van der Waals surface area contributed by atoms with Crippen molar-refractivity contribution in [2.45, 2.75) is 6.42 Å². The molecule has 0 fully saturated rings. The van der Waals surface area contributed by atoms with E-state index in [1.807, 2.05) is 30.2 Å². The van der Waals surface area contributed by atoms with Crippen molar-refractivity contribution in [3.63, 3.8) is 0 Å². The van der Waals surface area contributed by atoms with Crippen molar-refractivity contribution in [3.8, 4) is 0 Å². The SMILES string of the molecule is Cn1ncc2cc(Cc3cnc4ccc(Cl)nn34)ccc21. The highest BCUT2D eigenvalue weighted by Crippen LogP contribution is 2.18. The predicted octanol–water partition coefficient (Wildman–Crippen LogP) is 2.86. The molecular formula is C15H12ClN5. The number of fused-ring (bicyclic) bond motifs is 2. The van der Waals surface area contributed by atoms with E-state index in [2.05, 4.69) is 33.4 Å². The fourth-order valence-corrected chi connectivity index (χ4v) is 2.69. The van der Waals surface area contributed by atoms with Crippen molar-refractivity contribution < 1.29 is 0 Å². The molecule has 3 heterocycles. The number of hydrogen-bond donors (Lipinski definition) is 0. The molecule has 1 aromatic carbocycles. The molecule has 0 amide bonds. The minimum absolute atomic E-state index is 0.462. The zero-order valence-corrected chi connectivity index (χ0v) is 12.1. The van der Waals surface area contributed by atoms with Gasteiger partial charge in [0.2, 0.25) is 0 Å². The Balaban J connectivity index is 1.77. The minimum Gasteiger partial charge on any atom is -0.268 e. The molecular weight excluding hydrogens is 286 g/mol. The molecule has 0 aliphatic rings. The molecule has 0 radical (unpaired) electrons. The molecule has 4 aromatic rings. The van der Waals surface area contributed by atoms with Gasteiger partial charge in [-0.1, -0.05) is 17.7 Å². The smallest absolute Gasteiger partial charge is 0.153 e. The maximum Gasteiger partial charge on any atom is 0.153 e. The molecule has 0 atom stereocenters. The van der Waals surface area contributed by atoms with Gasteiger partial charge < -0.3 is 0 Å². The molecule has 0 spiro atoms. The molecule has 0 bridgehead atoms. The monoisotopic (exact) mass is 297 g/mol. The van der Waals surface area contributed by atoms with Crippen LogP contribution in [0.4, 0.5) is 0 Å². The Bertz CT molecular complexity index is 953. The molecule has 0 N–H and O–H groups in total. The third-order valence-electron chi connectivity index (χ3n) is 3.60. The van der Waals surface area contributed by atoms with Crippen molar-refractivity contribution in [3.05, 3.63) is 59.1 Å². The Morgan fingerprint density at radius 1 is 1.14 bits per heavy atom. The summed E-state index contributed by atoms with van der Waals surface area (Å²) in [6.45, 7) is 0. The topological polar surface area (TPSA) is 48.0 Å². The lowest BCUT2D eigenvalue weighted by atomic mass is 10.1. The van der Waals surface area contributed by atoms with Gasteiger partial charge in [-0.05, 0) is 29.8 Å². The summed E-state index contributed by atoms with van der Waals surface area (Å²) >= 11 is 5.96. The van der Waals surface area contributed by atoms with E-state index in [-0.39, 0.29) is 0 Å². The molecule has 21 heavy (non-hydrogen) atoms. The molecule has 0 aliphatic heterocycles. The molecule has 0 aliphatic carbocycles. The van der Waals surface area contributed by atoms with Gasteiger partial charge in [0.05, 0.1) is 23.6 Å². The Kier molecular flexibility index (Phi) is 2.68. The van der Waals surface area contributed by atoms with Crippen LogP contribution in [0.5, 0.6) is 0 Å². The number of aryl methyl sites for hydroxylation is 1. The van der Waals surface area contributed by atoms with Gasteiger partial charge >= 0.3 is 0 Å². The molecule has 6 heteroatoms. The molecule has 4 rings (SSSR count). The van der Waals surface area contributed by atoms with E-state index in [9.17, 15) is 0 Å². The van der Waals surface area contributed by atoms with Crippen molar-refractivity contribution >= 4 is 28.2 Å². The molecule has 0 unspecified atom stereocenters. The van der Waals surface area contributed by atoms with Crippen LogP contribution in [0, 0.1) is 0 Å². The number of halogens is 1. The largest absolute Gasteiger partial charge is 0.268 e. The lowest BCUT2D eigenvalue weighted by molar-refractivity contribution is 0.797. The van der Waals surface area contributed by atoms with Crippen LogP contribution >= 0.6 is 11.6 Å². The summed E-state index contributed by atoms with van der Waals surface area (Å²) in [7, 11) is 1.94. The fraction of sp³-hybridized carbons (Fsp3) is 0.133. The van der Waals surface area contributed by atoms with Gasteiger partial charge in [0.25, 0.3) is 0 Å². The highest BCUT2D eigenvalue weighted by atomic mass is 35.5. The Morgan fingerprint density at radius 3 is 2.95 bits per heavy atom. The summed E-state index contributed by atoms with van der Waals surface area (Å²) in [5.74, 6) is 0. The molecule has 5 nitrogen and oxygen atoms in total. The van der Waals surface area contributed by atoms with Gasteiger partial charge in [-0.2, -0.15) is 10.2 Å². The van der Waals surface area contributed by atoms with E-state index in [1.54, 1.807) is 10.6 Å². The predicted molar refractivity (Wildman–Crippen MR) is 81.5 cm³/mol. The van der Waals surface area contributed by atoms with Gasteiger partial charge in [0.1, 0.15) is 5.15 Å². The lowest BCUT2D eigenvalue weighted by Crippen LogP contribution is -1.98. The third kappa shape index (κ3) is 2.06. The number of imidazole rings is 1. The van der Waals surface area contributed by atoms with Crippen LogP contribution in [0.15, 0.2) is 42.7 Å². The van der Waals surface area contributed by atoms with Crippen molar-refractivity contribution in [2.24, 2.45) is 7.05 Å². The van der Waals surface area contributed by atoms with Crippen LogP contribution in [0.3, 0.4) is 0 Å². The molecule has 0 saturated heterocycles. The van der Waals surface area contributed by atoms with Crippen LogP contribution in [0.25, 0.3) is 16.6 Å². The van der Waals surface area contributed by atoms with E-state index >= 15 is 0 Å². The van der Waals surface area contributed by atoms with Crippen LogP contribution in [-0.4, -0.2) is 24.4 Å². The normalized spacial score (nSPS) is 11.5. The Hall–Kier alpha value is -2.40. The van der Waals surface area contributed by atoms with Crippen molar-refractivity contribution in [1.82, 2.24) is 24.4 Å². The first-order valence-electron chi connectivity index (χ1n) is 6.60. The third-order valence-corrected chi connectivity index (χ3v) is 3.80. The first kappa shape index (κ1) is 12.3. The summed E-state index contributed by atoms with van der Waals surface area (Å²) in [5.41, 5.74) is 4.13. The van der Waals surface area contributed by atoms with Crippen LogP contribution < -0.4 is 0 Å². The van der Waals surface area contributed by atoms with Gasteiger partial charge in [-0.15, -0.1) is 0 Å². The molecule has 104 valence electrons. The van der Waals surface area contributed by atoms with Gasteiger partial charge in [-0.25, -0.2) is 9.50 Å². The maximum absolute atomic E-state index is 5.96. The zero-order valence-electron chi connectivity index (χ0n) is 11.4. The maximum atomic E-state index is 5.96. The minimum atomic E-state index is 0.462. The lowest BCUT2D eigenvalue weighted by Gasteiger charge is -2.03. The van der Waals surface area contributed by atoms with Crippen molar-refractivity contribution in [2.75, 3.05) is 0 Å². The summed E-state index contributed by atoms with van der Waals surface area (Å²) in [6.07, 6.45) is 4.47. The number of hydrogen-bond acceptors (Lipinski definition) is 3. The summed E-state index contributed by atoms with van der Waals surface area (Å²) in [4.78, 5) is 4.35. The summed E-state index contributed by atoms with van der Waals surface area (Å²) in [6, 6.07) is 9.94. The van der Waals surface area contributed by atoms with Crippen LogP contribution in [0.2, 0.25) is 5.15 Å². The van der Waals surface area contributed by atoms with Gasteiger partial charge in [-0.3, -0.25) is 4.68 Å². The number of benzene rings is 1. The number of rotatable bonds is 2. The average molecular weight is 298 g/mol.